The molecule has 2 aromatic carbocycles. The minimum absolute atomic E-state index is 0.0501. The van der Waals surface area contributed by atoms with Gasteiger partial charge in [-0.2, -0.15) is 0 Å². The Balaban J connectivity index is 1.59. The van der Waals surface area contributed by atoms with Crippen LogP contribution in [0.1, 0.15) is 21.8 Å². The van der Waals surface area contributed by atoms with Gasteiger partial charge in [0.25, 0.3) is 5.91 Å². The third kappa shape index (κ3) is 3.35. The minimum Gasteiger partial charge on any atom is -0.359 e. The van der Waals surface area contributed by atoms with Crippen molar-refractivity contribution in [3.63, 3.8) is 0 Å². The molecule has 2 heterocycles. The van der Waals surface area contributed by atoms with E-state index in [1.54, 1.807) is 7.05 Å². The van der Waals surface area contributed by atoms with Crippen LogP contribution in [-0.4, -0.2) is 60.9 Å². The van der Waals surface area contributed by atoms with Crippen LogP contribution in [0.5, 0.6) is 0 Å². The highest BCUT2D eigenvalue weighted by atomic mass is 16.2. The molecular weight excluding hydrogens is 338 g/mol. The van der Waals surface area contributed by atoms with E-state index in [-0.39, 0.29) is 29.7 Å². The quantitative estimate of drug-likeness (QED) is 0.907. The Bertz CT molecular complexity index is 809. The highest BCUT2D eigenvalue weighted by molar-refractivity contribution is 5.94. The van der Waals surface area contributed by atoms with Gasteiger partial charge in [0.1, 0.15) is 0 Å². The zero-order valence-corrected chi connectivity index (χ0v) is 15.5. The molecule has 2 saturated heterocycles. The van der Waals surface area contributed by atoms with Crippen molar-refractivity contribution < 1.29 is 9.59 Å². The van der Waals surface area contributed by atoms with Crippen molar-refractivity contribution in [2.75, 3.05) is 33.2 Å². The molecule has 3 atom stereocenters. The summed E-state index contributed by atoms with van der Waals surface area (Å²) in [5.41, 5.74) is 1.90. The molecule has 2 aromatic rings. The maximum atomic E-state index is 12.9. The summed E-state index contributed by atoms with van der Waals surface area (Å²) in [7, 11) is 1.70. The number of benzene rings is 2. The van der Waals surface area contributed by atoms with Crippen LogP contribution >= 0.6 is 0 Å². The zero-order valence-electron chi connectivity index (χ0n) is 15.5. The van der Waals surface area contributed by atoms with Crippen LogP contribution in [0.4, 0.5) is 0 Å². The first kappa shape index (κ1) is 17.7. The van der Waals surface area contributed by atoms with Crippen molar-refractivity contribution in [2.24, 2.45) is 5.92 Å². The van der Waals surface area contributed by atoms with E-state index >= 15 is 0 Å². The van der Waals surface area contributed by atoms with Crippen LogP contribution in [0.15, 0.2) is 60.7 Å². The topological polar surface area (TPSA) is 52.7 Å². The molecule has 140 valence electrons. The summed E-state index contributed by atoms with van der Waals surface area (Å²) in [6.45, 7) is 2.96. The van der Waals surface area contributed by atoms with Gasteiger partial charge in [-0.3, -0.25) is 14.5 Å². The summed E-state index contributed by atoms with van der Waals surface area (Å²) >= 11 is 0. The second-order valence-corrected chi connectivity index (χ2v) is 7.34. The van der Waals surface area contributed by atoms with E-state index in [0.29, 0.717) is 18.7 Å². The first-order chi connectivity index (χ1) is 13.2. The van der Waals surface area contributed by atoms with E-state index < -0.39 is 0 Å². The SMILES string of the molecule is CNC(=O)[C@@H]1[C@@H](c2ccccc2)CN2CCN(C(=O)c3ccccc3)C[C@H]12. The molecule has 2 aliphatic rings. The molecule has 0 aromatic heterocycles. The van der Waals surface area contributed by atoms with Crippen molar-refractivity contribution in [3.05, 3.63) is 71.8 Å². The maximum Gasteiger partial charge on any atom is 0.253 e. The fourth-order valence-electron chi connectivity index (χ4n) is 4.53. The predicted octanol–water partition coefficient (Wildman–Crippen LogP) is 1.97. The smallest absolute Gasteiger partial charge is 0.253 e. The third-order valence-corrected chi connectivity index (χ3v) is 5.90. The lowest BCUT2D eigenvalue weighted by Gasteiger charge is -2.39. The molecule has 4 rings (SSSR count). The Hall–Kier alpha value is -2.66. The number of rotatable bonds is 3. The summed E-state index contributed by atoms with van der Waals surface area (Å²) in [6, 6.07) is 19.7. The third-order valence-electron chi connectivity index (χ3n) is 5.90. The Morgan fingerprint density at radius 2 is 1.59 bits per heavy atom. The Morgan fingerprint density at radius 1 is 0.926 bits per heavy atom. The number of nitrogens with zero attached hydrogens (tertiary/aromatic N) is 2. The molecule has 5 heteroatoms. The summed E-state index contributed by atoms with van der Waals surface area (Å²) < 4.78 is 0. The molecule has 0 saturated carbocycles. The lowest BCUT2D eigenvalue weighted by molar-refractivity contribution is -0.126. The van der Waals surface area contributed by atoms with E-state index in [4.69, 9.17) is 0 Å². The second-order valence-electron chi connectivity index (χ2n) is 7.34. The van der Waals surface area contributed by atoms with Crippen LogP contribution in [0.2, 0.25) is 0 Å². The van der Waals surface area contributed by atoms with Gasteiger partial charge in [0.2, 0.25) is 5.91 Å². The molecule has 2 fully saturated rings. The lowest BCUT2D eigenvalue weighted by atomic mass is 9.84. The number of amides is 2. The summed E-state index contributed by atoms with van der Waals surface area (Å²) in [6.07, 6.45) is 0. The largest absolute Gasteiger partial charge is 0.359 e. The van der Waals surface area contributed by atoms with Crippen molar-refractivity contribution in [2.45, 2.75) is 12.0 Å². The highest BCUT2D eigenvalue weighted by Gasteiger charge is 2.48. The van der Waals surface area contributed by atoms with Crippen molar-refractivity contribution in [3.8, 4) is 0 Å². The van der Waals surface area contributed by atoms with Crippen LogP contribution in [0.25, 0.3) is 0 Å². The monoisotopic (exact) mass is 363 g/mol. The predicted molar refractivity (Wildman–Crippen MR) is 104 cm³/mol. The normalized spacial score (nSPS) is 25.1. The minimum atomic E-state index is -0.149. The highest BCUT2D eigenvalue weighted by Crippen LogP contribution is 2.39. The lowest BCUT2D eigenvalue weighted by Crippen LogP contribution is -2.55. The van der Waals surface area contributed by atoms with Gasteiger partial charge in [0, 0.05) is 50.7 Å². The summed E-state index contributed by atoms with van der Waals surface area (Å²) in [5.74, 6) is 0.117. The Morgan fingerprint density at radius 3 is 2.26 bits per heavy atom. The second kappa shape index (κ2) is 7.53. The molecule has 2 amide bonds. The molecule has 0 bridgehead atoms. The van der Waals surface area contributed by atoms with Crippen molar-refractivity contribution in [1.82, 2.24) is 15.1 Å². The van der Waals surface area contributed by atoms with Gasteiger partial charge in [-0.1, -0.05) is 48.5 Å². The fourth-order valence-corrected chi connectivity index (χ4v) is 4.53. The number of carbonyl (C=O) groups excluding carboxylic acids is 2. The molecular formula is C22H25N3O2. The number of carbonyl (C=O) groups is 2. The number of fused-ring (bicyclic) bond motifs is 1. The van der Waals surface area contributed by atoms with Gasteiger partial charge in [-0.25, -0.2) is 0 Å². The molecule has 1 N–H and O–H groups in total. The summed E-state index contributed by atoms with van der Waals surface area (Å²) in [5, 5.41) is 2.85. The average Bonchev–Trinajstić information content (AvgIpc) is 3.12. The Kier molecular flexibility index (Phi) is 4.94. The van der Waals surface area contributed by atoms with Crippen LogP contribution in [0.3, 0.4) is 0 Å². The number of piperazine rings is 1. The van der Waals surface area contributed by atoms with Gasteiger partial charge in [0.15, 0.2) is 0 Å². The van der Waals surface area contributed by atoms with Crippen LogP contribution in [0, 0.1) is 5.92 Å². The molecule has 0 aliphatic carbocycles. The van der Waals surface area contributed by atoms with Gasteiger partial charge in [-0.15, -0.1) is 0 Å². The molecule has 2 aliphatic heterocycles. The standard InChI is InChI=1S/C22H25N3O2/c1-23-21(26)20-18(16-8-4-2-5-9-16)14-24-12-13-25(15-19(20)24)22(27)17-10-6-3-7-11-17/h2-11,18-20H,12-15H2,1H3,(H,23,26)/t18-,19-,20-/m1/s1. The molecule has 0 radical (unpaired) electrons. The van der Waals surface area contributed by atoms with Crippen molar-refractivity contribution >= 4 is 11.8 Å². The molecule has 0 spiro atoms. The van der Waals surface area contributed by atoms with Gasteiger partial charge >= 0.3 is 0 Å². The Labute approximate surface area is 160 Å². The number of hydrogen-bond acceptors (Lipinski definition) is 3. The van der Waals surface area contributed by atoms with Gasteiger partial charge < -0.3 is 10.2 Å². The summed E-state index contributed by atoms with van der Waals surface area (Å²) in [4.78, 5) is 29.9. The van der Waals surface area contributed by atoms with Gasteiger partial charge in [-0.05, 0) is 17.7 Å². The van der Waals surface area contributed by atoms with Crippen molar-refractivity contribution in [1.29, 1.82) is 0 Å². The molecule has 5 nitrogen and oxygen atoms in total. The maximum absolute atomic E-state index is 12.9. The van der Waals surface area contributed by atoms with Crippen LogP contribution in [-0.2, 0) is 4.79 Å². The van der Waals surface area contributed by atoms with E-state index in [2.05, 4.69) is 22.3 Å². The average molecular weight is 363 g/mol. The molecule has 0 unspecified atom stereocenters. The first-order valence-electron chi connectivity index (χ1n) is 9.54. The van der Waals surface area contributed by atoms with E-state index in [0.717, 1.165) is 13.1 Å². The van der Waals surface area contributed by atoms with Gasteiger partial charge in [0.05, 0.1) is 5.92 Å². The first-order valence-corrected chi connectivity index (χ1v) is 9.54. The van der Waals surface area contributed by atoms with E-state index in [1.165, 1.54) is 5.56 Å². The fraction of sp³-hybridized carbons (Fsp3) is 0.364. The number of hydrogen-bond donors (Lipinski definition) is 1. The van der Waals surface area contributed by atoms with E-state index in [9.17, 15) is 9.59 Å². The molecule has 27 heavy (non-hydrogen) atoms. The van der Waals surface area contributed by atoms with E-state index in [1.807, 2.05) is 53.4 Å². The van der Waals surface area contributed by atoms with Crippen LogP contribution < -0.4 is 5.32 Å². The zero-order chi connectivity index (χ0) is 18.8. The number of nitrogens with one attached hydrogen (secondary N) is 1.